The van der Waals surface area contributed by atoms with Crippen molar-refractivity contribution < 1.29 is 14.4 Å². The number of rotatable bonds is 0. The first-order chi connectivity index (χ1) is 7.58. The van der Waals surface area contributed by atoms with Crippen molar-refractivity contribution >= 4 is 23.4 Å². The zero-order valence-corrected chi connectivity index (χ0v) is 8.09. The number of hydrogen-bond donors (Lipinski definition) is 2. The highest BCUT2D eigenvalue weighted by atomic mass is 16.2. The fraction of sp³-hybridized carbons (Fsp3) is 0. The van der Waals surface area contributed by atoms with Crippen molar-refractivity contribution in [2.24, 2.45) is 0 Å². The van der Waals surface area contributed by atoms with Crippen LogP contribution < -0.4 is 10.6 Å². The molecule has 0 fully saturated rings. The standard InChI is InChI=1S/C11H6N2O3/c1-4-5-2-7-8(11(16)13-10(7)15)3-6(5)9(14)12-4/h2-3H,1H2,(H,12,14)(H,13,15,16). The molecule has 0 atom stereocenters. The maximum atomic E-state index is 11.5. The third kappa shape index (κ3) is 0.916. The van der Waals surface area contributed by atoms with E-state index < -0.39 is 11.8 Å². The second kappa shape index (κ2) is 2.57. The van der Waals surface area contributed by atoms with Crippen LogP contribution in [0.2, 0.25) is 0 Å². The van der Waals surface area contributed by atoms with Gasteiger partial charge in [0.1, 0.15) is 0 Å². The van der Waals surface area contributed by atoms with Crippen LogP contribution in [0.4, 0.5) is 0 Å². The smallest absolute Gasteiger partial charge is 0.258 e. The lowest BCUT2D eigenvalue weighted by atomic mass is 10.0. The van der Waals surface area contributed by atoms with Gasteiger partial charge in [-0.3, -0.25) is 19.7 Å². The highest BCUT2D eigenvalue weighted by molar-refractivity contribution is 6.23. The lowest BCUT2D eigenvalue weighted by Crippen LogP contribution is -2.20. The van der Waals surface area contributed by atoms with E-state index in [1.165, 1.54) is 12.1 Å². The Bertz CT molecular complexity index is 501. The predicted octanol–water partition coefficient (Wildman–Crippen LogP) is 0.284. The fourth-order valence-electron chi connectivity index (χ4n) is 1.92. The van der Waals surface area contributed by atoms with E-state index >= 15 is 0 Å². The number of nitrogens with one attached hydrogen (secondary N) is 2. The summed E-state index contributed by atoms with van der Waals surface area (Å²) < 4.78 is 0. The molecule has 3 amide bonds. The van der Waals surface area contributed by atoms with Crippen LogP contribution in [-0.4, -0.2) is 17.7 Å². The molecule has 2 N–H and O–H groups in total. The van der Waals surface area contributed by atoms with Crippen molar-refractivity contribution in [2.75, 3.05) is 0 Å². The zero-order chi connectivity index (χ0) is 11.4. The SMILES string of the molecule is C=C1NC(=O)c2cc3c(cc21)C(=O)NC3=O. The Hall–Kier alpha value is -2.43. The third-order valence-corrected chi connectivity index (χ3v) is 2.71. The van der Waals surface area contributed by atoms with Crippen LogP contribution in [0.1, 0.15) is 36.6 Å². The molecule has 16 heavy (non-hydrogen) atoms. The first-order valence-electron chi connectivity index (χ1n) is 4.62. The lowest BCUT2D eigenvalue weighted by Gasteiger charge is -1.99. The van der Waals surface area contributed by atoms with Crippen LogP contribution >= 0.6 is 0 Å². The van der Waals surface area contributed by atoms with Gasteiger partial charge >= 0.3 is 0 Å². The van der Waals surface area contributed by atoms with Gasteiger partial charge in [0.25, 0.3) is 17.7 Å². The molecule has 0 saturated carbocycles. The van der Waals surface area contributed by atoms with Crippen LogP contribution in [-0.2, 0) is 0 Å². The van der Waals surface area contributed by atoms with E-state index in [9.17, 15) is 14.4 Å². The number of imide groups is 1. The first-order valence-corrected chi connectivity index (χ1v) is 4.62. The minimum atomic E-state index is -0.465. The van der Waals surface area contributed by atoms with Crippen molar-refractivity contribution in [2.45, 2.75) is 0 Å². The van der Waals surface area contributed by atoms with E-state index in [0.717, 1.165) is 0 Å². The molecule has 3 rings (SSSR count). The average molecular weight is 214 g/mol. The second-order valence-electron chi connectivity index (χ2n) is 3.66. The van der Waals surface area contributed by atoms with Crippen molar-refractivity contribution in [1.82, 2.24) is 10.6 Å². The average Bonchev–Trinajstić information content (AvgIpc) is 2.67. The van der Waals surface area contributed by atoms with Crippen LogP contribution in [0.3, 0.4) is 0 Å². The molecule has 78 valence electrons. The maximum absolute atomic E-state index is 11.5. The summed E-state index contributed by atoms with van der Waals surface area (Å²) in [5.74, 6) is -1.20. The molecule has 1 aromatic carbocycles. The molecule has 0 bridgehead atoms. The van der Waals surface area contributed by atoms with Gasteiger partial charge in [0, 0.05) is 16.8 Å². The Morgan fingerprint density at radius 1 is 0.750 bits per heavy atom. The number of hydrogen-bond acceptors (Lipinski definition) is 3. The van der Waals surface area contributed by atoms with E-state index in [1.807, 2.05) is 0 Å². The van der Waals surface area contributed by atoms with Crippen LogP contribution in [0, 0.1) is 0 Å². The molecular formula is C11H6N2O3. The number of benzene rings is 1. The number of fused-ring (bicyclic) bond motifs is 2. The van der Waals surface area contributed by atoms with E-state index in [0.29, 0.717) is 22.4 Å². The molecule has 0 aromatic heterocycles. The zero-order valence-electron chi connectivity index (χ0n) is 8.09. The van der Waals surface area contributed by atoms with E-state index in [4.69, 9.17) is 0 Å². The maximum Gasteiger partial charge on any atom is 0.258 e. The van der Waals surface area contributed by atoms with E-state index in [2.05, 4.69) is 17.2 Å². The minimum absolute atomic E-state index is 0.244. The van der Waals surface area contributed by atoms with Crippen molar-refractivity contribution in [3.05, 3.63) is 41.0 Å². The first kappa shape index (κ1) is 8.84. The lowest BCUT2D eigenvalue weighted by molar-refractivity contribution is 0.0879. The van der Waals surface area contributed by atoms with Gasteiger partial charge in [-0.2, -0.15) is 0 Å². The molecule has 0 aliphatic carbocycles. The number of amides is 3. The van der Waals surface area contributed by atoms with Gasteiger partial charge < -0.3 is 5.32 Å². The number of carbonyl (C=O) groups excluding carboxylic acids is 3. The summed E-state index contributed by atoms with van der Waals surface area (Å²) in [5, 5.41) is 4.71. The summed E-state index contributed by atoms with van der Waals surface area (Å²) in [6.07, 6.45) is 0. The molecule has 5 nitrogen and oxygen atoms in total. The second-order valence-corrected chi connectivity index (χ2v) is 3.66. The molecule has 0 spiro atoms. The van der Waals surface area contributed by atoms with Gasteiger partial charge in [-0.25, -0.2) is 0 Å². The Morgan fingerprint density at radius 2 is 1.19 bits per heavy atom. The third-order valence-electron chi connectivity index (χ3n) is 2.71. The molecule has 2 aliphatic heterocycles. The van der Waals surface area contributed by atoms with Crippen LogP contribution in [0.25, 0.3) is 5.70 Å². The van der Waals surface area contributed by atoms with Crippen molar-refractivity contribution in [3.63, 3.8) is 0 Å². The Labute approximate surface area is 90.1 Å². The van der Waals surface area contributed by atoms with E-state index in [-0.39, 0.29) is 11.5 Å². The van der Waals surface area contributed by atoms with Gasteiger partial charge in [-0.1, -0.05) is 6.58 Å². The largest absolute Gasteiger partial charge is 0.322 e. The van der Waals surface area contributed by atoms with E-state index in [1.54, 1.807) is 0 Å². The van der Waals surface area contributed by atoms with Crippen molar-refractivity contribution in [1.29, 1.82) is 0 Å². The Balaban J connectivity index is 2.33. The molecule has 2 aliphatic rings. The van der Waals surface area contributed by atoms with Crippen LogP contribution in [0.5, 0.6) is 0 Å². The summed E-state index contributed by atoms with van der Waals surface area (Å²) in [7, 11) is 0. The molecular weight excluding hydrogens is 208 g/mol. The van der Waals surface area contributed by atoms with Gasteiger partial charge in [-0.15, -0.1) is 0 Å². The fourth-order valence-corrected chi connectivity index (χ4v) is 1.92. The summed E-state index contributed by atoms with van der Waals surface area (Å²) in [6, 6.07) is 2.95. The highest BCUT2D eigenvalue weighted by Gasteiger charge is 2.32. The molecule has 1 aromatic rings. The van der Waals surface area contributed by atoms with Crippen molar-refractivity contribution in [3.8, 4) is 0 Å². The quantitative estimate of drug-likeness (QED) is 0.609. The van der Waals surface area contributed by atoms with Gasteiger partial charge in [0.15, 0.2) is 0 Å². The summed E-state index contributed by atoms with van der Waals surface area (Å²) in [5.41, 5.74) is 1.95. The molecule has 5 heteroatoms. The van der Waals surface area contributed by atoms with Gasteiger partial charge in [0.2, 0.25) is 0 Å². The molecule has 0 radical (unpaired) electrons. The number of carbonyl (C=O) groups is 3. The Morgan fingerprint density at radius 3 is 1.81 bits per heavy atom. The van der Waals surface area contributed by atoms with Gasteiger partial charge in [0.05, 0.1) is 11.1 Å². The highest BCUT2D eigenvalue weighted by Crippen LogP contribution is 2.28. The summed E-state index contributed by atoms with van der Waals surface area (Å²) >= 11 is 0. The molecule has 0 unspecified atom stereocenters. The monoisotopic (exact) mass is 214 g/mol. The summed E-state index contributed by atoms with van der Waals surface area (Å²) in [4.78, 5) is 34.3. The predicted molar refractivity (Wildman–Crippen MR) is 54.7 cm³/mol. The minimum Gasteiger partial charge on any atom is -0.322 e. The summed E-state index contributed by atoms with van der Waals surface area (Å²) in [6.45, 7) is 3.67. The molecule has 0 saturated heterocycles. The Kier molecular flexibility index (Phi) is 1.42. The topological polar surface area (TPSA) is 75.3 Å². The molecule has 2 heterocycles. The van der Waals surface area contributed by atoms with Crippen LogP contribution in [0.15, 0.2) is 18.7 Å². The van der Waals surface area contributed by atoms with Gasteiger partial charge in [-0.05, 0) is 12.1 Å². The normalized spacial score (nSPS) is 17.0.